The summed E-state index contributed by atoms with van der Waals surface area (Å²) >= 11 is 0. The van der Waals surface area contributed by atoms with Gasteiger partial charge in [0.05, 0.1) is 12.8 Å². The van der Waals surface area contributed by atoms with Gasteiger partial charge in [-0.2, -0.15) is 0 Å². The van der Waals surface area contributed by atoms with E-state index in [-0.39, 0.29) is 0 Å². The van der Waals surface area contributed by atoms with Gasteiger partial charge in [-0.1, -0.05) is 12.1 Å². The number of hydrogen-bond donors (Lipinski definition) is 1. The zero-order valence-corrected chi connectivity index (χ0v) is 12.2. The van der Waals surface area contributed by atoms with E-state index in [1.165, 1.54) is 17.0 Å². The smallest absolute Gasteiger partial charge is 0.141 e. The van der Waals surface area contributed by atoms with Crippen molar-refractivity contribution in [1.29, 1.82) is 0 Å². The number of hydrogen-bond acceptors (Lipinski definition) is 2. The first-order chi connectivity index (χ1) is 9.17. The molecule has 0 bridgehead atoms. The largest absolute Gasteiger partial charge is 0.495 e. The van der Waals surface area contributed by atoms with E-state index in [1.807, 2.05) is 24.3 Å². The van der Waals surface area contributed by atoms with Crippen LogP contribution in [0.15, 0.2) is 30.3 Å². The Balaban J connectivity index is 2.15. The Morgan fingerprint density at radius 1 is 1.21 bits per heavy atom. The highest BCUT2D eigenvalue weighted by Crippen LogP contribution is 2.24. The van der Waals surface area contributed by atoms with Crippen LogP contribution in [0.5, 0.6) is 5.75 Å². The Morgan fingerprint density at radius 2 is 1.95 bits per heavy atom. The molecule has 0 unspecified atom stereocenters. The van der Waals surface area contributed by atoms with Crippen LogP contribution in [0.1, 0.15) is 23.9 Å². The summed E-state index contributed by atoms with van der Waals surface area (Å²) in [6.07, 6.45) is 0. The highest BCUT2D eigenvalue weighted by molar-refractivity contribution is 5.56. The monoisotopic (exact) mass is 258 g/mol. The first kappa shape index (κ1) is 13.5. The minimum absolute atomic E-state index is 0.819. The maximum atomic E-state index is 5.35. The van der Waals surface area contributed by atoms with Gasteiger partial charge in [-0.3, -0.25) is 0 Å². The molecule has 0 saturated carbocycles. The van der Waals surface area contributed by atoms with Gasteiger partial charge in [0.1, 0.15) is 5.75 Å². The molecule has 1 N–H and O–H groups in total. The van der Waals surface area contributed by atoms with Crippen molar-refractivity contribution < 1.29 is 4.74 Å². The lowest BCUT2D eigenvalue weighted by molar-refractivity contribution is 0.416. The molecule has 0 fully saturated rings. The normalized spacial score (nSPS) is 10.5. The second kappa shape index (κ2) is 5.83. The van der Waals surface area contributed by atoms with Gasteiger partial charge in [-0.25, -0.2) is 0 Å². The molecule has 1 heterocycles. The van der Waals surface area contributed by atoms with Gasteiger partial charge < -0.3 is 14.6 Å². The van der Waals surface area contributed by atoms with Gasteiger partial charge in [-0.15, -0.1) is 0 Å². The maximum absolute atomic E-state index is 5.35. The van der Waals surface area contributed by atoms with E-state index in [1.54, 1.807) is 7.11 Å². The SMILES string of the molecule is CCn1c(C)cc(CNc2ccccc2OC)c1C. The van der Waals surface area contributed by atoms with Crippen molar-refractivity contribution in [3.63, 3.8) is 0 Å². The van der Waals surface area contributed by atoms with Gasteiger partial charge in [0, 0.05) is 24.5 Å². The van der Waals surface area contributed by atoms with E-state index < -0.39 is 0 Å². The first-order valence-electron chi connectivity index (χ1n) is 6.69. The topological polar surface area (TPSA) is 26.2 Å². The third-order valence-corrected chi connectivity index (χ3v) is 3.57. The van der Waals surface area contributed by atoms with E-state index in [0.717, 1.165) is 24.5 Å². The zero-order valence-electron chi connectivity index (χ0n) is 12.2. The number of rotatable bonds is 5. The fraction of sp³-hybridized carbons (Fsp3) is 0.375. The van der Waals surface area contributed by atoms with Crippen molar-refractivity contribution in [2.24, 2.45) is 0 Å². The van der Waals surface area contributed by atoms with E-state index in [9.17, 15) is 0 Å². The number of aromatic nitrogens is 1. The molecule has 3 nitrogen and oxygen atoms in total. The van der Waals surface area contributed by atoms with Crippen LogP contribution in [0.3, 0.4) is 0 Å². The molecule has 1 aromatic carbocycles. The molecule has 0 amide bonds. The number of anilines is 1. The van der Waals surface area contributed by atoms with Crippen LogP contribution in [-0.2, 0) is 13.1 Å². The number of aryl methyl sites for hydroxylation is 1. The Labute approximate surface area is 115 Å². The zero-order chi connectivity index (χ0) is 13.8. The number of ether oxygens (including phenoxy) is 1. The molecular weight excluding hydrogens is 236 g/mol. The van der Waals surface area contributed by atoms with E-state index >= 15 is 0 Å². The summed E-state index contributed by atoms with van der Waals surface area (Å²) in [5.41, 5.74) is 5.02. The van der Waals surface area contributed by atoms with Crippen molar-refractivity contribution in [2.45, 2.75) is 33.9 Å². The molecule has 102 valence electrons. The molecule has 0 aliphatic heterocycles. The molecular formula is C16H22N2O. The molecule has 2 rings (SSSR count). The number of nitrogens with zero attached hydrogens (tertiary/aromatic N) is 1. The predicted molar refractivity (Wildman–Crippen MR) is 79.9 cm³/mol. The third kappa shape index (κ3) is 2.75. The van der Waals surface area contributed by atoms with Crippen molar-refractivity contribution in [1.82, 2.24) is 4.57 Å². The third-order valence-electron chi connectivity index (χ3n) is 3.57. The Kier molecular flexibility index (Phi) is 4.15. The average Bonchev–Trinajstić information content (AvgIpc) is 2.71. The first-order valence-corrected chi connectivity index (χ1v) is 6.69. The Hall–Kier alpha value is -1.90. The molecule has 0 spiro atoms. The molecule has 0 aliphatic carbocycles. The average molecular weight is 258 g/mol. The number of para-hydroxylation sites is 2. The minimum Gasteiger partial charge on any atom is -0.495 e. The van der Waals surface area contributed by atoms with Gasteiger partial charge in [-0.05, 0) is 44.5 Å². The van der Waals surface area contributed by atoms with Crippen LogP contribution >= 0.6 is 0 Å². The fourth-order valence-corrected chi connectivity index (χ4v) is 2.52. The van der Waals surface area contributed by atoms with Gasteiger partial charge in [0.25, 0.3) is 0 Å². The minimum atomic E-state index is 0.819. The molecule has 1 aromatic heterocycles. The van der Waals surface area contributed by atoms with Gasteiger partial charge in [0.15, 0.2) is 0 Å². The van der Waals surface area contributed by atoms with E-state index in [4.69, 9.17) is 4.74 Å². The second-order valence-electron chi connectivity index (χ2n) is 4.69. The maximum Gasteiger partial charge on any atom is 0.141 e. The summed E-state index contributed by atoms with van der Waals surface area (Å²) in [6.45, 7) is 8.35. The second-order valence-corrected chi connectivity index (χ2v) is 4.69. The van der Waals surface area contributed by atoms with Crippen LogP contribution < -0.4 is 10.1 Å². The lowest BCUT2D eigenvalue weighted by Gasteiger charge is -2.11. The van der Waals surface area contributed by atoms with Gasteiger partial charge >= 0.3 is 0 Å². The lowest BCUT2D eigenvalue weighted by Crippen LogP contribution is -2.04. The number of nitrogens with one attached hydrogen (secondary N) is 1. The summed E-state index contributed by atoms with van der Waals surface area (Å²) in [6, 6.07) is 10.3. The quantitative estimate of drug-likeness (QED) is 0.884. The van der Waals surface area contributed by atoms with Crippen LogP contribution in [-0.4, -0.2) is 11.7 Å². The molecule has 0 saturated heterocycles. The Morgan fingerprint density at radius 3 is 2.58 bits per heavy atom. The fourth-order valence-electron chi connectivity index (χ4n) is 2.52. The summed E-state index contributed by atoms with van der Waals surface area (Å²) in [5, 5.41) is 3.45. The van der Waals surface area contributed by atoms with Crippen LogP contribution in [0.4, 0.5) is 5.69 Å². The molecule has 0 radical (unpaired) electrons. The summed E-state index contributed by atoms with van der Waals surface area (Å²) in [7, 11) is 1.70. The molecule has 3 heteroatoms. The van der Waals surface area contributed by atoms with Crippen LogP contribution in [0.25, 0.3) is 0 Å². The lowest BCUT2D eigenvalue weighted by atomic mass is 10.2. The van der Waals surface area contributed by atoms with Crippen molar-refractivity contribution in [3.8, 4) is 5.75 Å². The van der Waals surface area contributed by atoms with Crippen molar-refractivity contribution >= 4 is 5.69 Å². The van der Waals surface area contributed by atoms with Crippen LogP contribution in [0, 0.1) is 13.8 Å². The van der Waals surface area contributed by atoms with E-state index in [0.29, 0.717) is 0 Å². The summed E-state index contributed by atoms with van der Waals surface area (Å²) in [4.78, 5) is 0. The predicted octanol–water partition coefficient (Wildman–Crippen LogP) is 3.75. The van der Waals surface area contributed by atoms with Crippen molar-refractivity contribution in [2.75, 3.05) is 12.4 Å². The molecule has 0 aliphatic rings. The van der Waals surface area contributed by atoms with Gasteiger partial charge in [0.2, 0.25) is 0 Å². The Bertz CT molecular complexity index is 558. The van der Waals surface area contributed by atoms with Crippen molar-refractivity contribution in [3.05, 3.63) is 47.3 Å². The highest BCUT2D eigenvalue weighted by Gasteiger charge is 2.08. The summed E-state index contributed by atoms with van der Waals surface area (Å²) in [5.74, 6) is 0.881. The van der Waals surface area contributed by atoms with E-state index in [2.05, 4.69) is 36.7 Å². The van der Waals surface area contributed by atoms with Crippen LogP contribution in [0.2, 0.25) is 0 Å². The number of benzene rings is 1. The highest BCUT2D eigenvalue weighted by atomic mass is 16.5. The summed E-state index contributed by atoms with van der Waals surface area (Å²) < 4.78 is 7.68. The number of methoxy groups -OCH3 is 1. The molecule has 2 aromatic rings. The molecule has 0 atom stereocenters. The molecule has 19 heavy (non-hydrogen) atoms. The standard InChI is InChI=1S/C16H22N2O/c1-5-18-12(2)10-14(13(18)3)11-17-15-8-6-7-9-16(15)19-4/h6-10,17H,5,11H2,1-4H3.